The van der Waals surface area contributed by atoms with Gasteiger partial charge in [0.25, 0.3) is 5.91 Å². The summed E-state index contributed by atoms with van der Waals surface area (Å²) in [5.41, 5.74) is 0. The molecular weight excluding hydrogens is 451 g/mol. The number of halogens is 1. The number of piperazine rings is 1. The molecule has 1 aliphatic heterocycles. The molecule has 0 saturated carbocycles. The molecule has 1 fully saturated rings. The maximum atomic E-state index is 13.9. The Balaban J connectivity index is 1.55. The molecule has 9 nitrogen and oxygen atoms in total. The molecule has 11 heteroatoms. The highest BCUT2D eigenvalue weighted by atomic mass is 32.2. The molecule has 1 atom stereocenters. The third-order valence-electron chi connectivity index (χ3n) is 5.27. The highest BCUT2D eigenvalue weighted by Gasteiger charge is 2.32. The van der Waals surface area contributed by atoms with Crippen LogP contribution in [0.5, 0.6) is 0 Å². The Morgan fingerprint density at radius 3 is 2.36 bits per heavy atom. The van der Waals surface area contributed by atoms with Crippen LogP contribution in [0.25, 0.3) is 0 Å². The third-order valence-corrected chi connectivity index (χ3v) is 6.75. The van der Waals surface area contributed by atoms with E-state index < -0.39 is 45.3 Å². The number of esters is 1. The van der Waals surface area contributed by atoms with Crippen LogP contribution in [-0.2, 0) is 24.3 Å². The number of benzene rings is 1. The molecule has 1 aliphatic rings. The average molecular weight is 479 g/mol. The van der Waals surface area contributed by atoms with Crippen LogP contribution in [0.2, 0.25) is 0 Å². The number of hydrogen-bond acceptors (Lipinski definition) is 7. The van der Waals surface area contributed by atoms with E-state index in [4.69, 9.17) is 4.74 Å². The number of sulfonamides is 1. The van der Waals surface area contributed by atoms with Crippen molar-refractivity contribution in [1.29, 1.82) is 0 Å². The van der Waals surface area contributed by atoms with Gasteiger partial charge in [-0.15, -0.1) is 0 Å². The zero-order valence-corrected chi connectivity index (χ0v) is 19.3. The van der Waals surface area contributed by atoms with E-state index in [-0.39, 0.29) is 5.91 Å². The van der Waals surface area contributed by atoms with Gasteiger partial charge in [-0.3, -0.25) is 9.59 Å². The van der Waals surface area contributed by atoms with E-state index in [9.17, 15) is 22.4 Å². The molecule has 0 unspecified atom stereocenters. The molecule has 1 aromatic carbocycles. The fraction of sp³-hybridized carbons (Fsp3) is 0.409. The minimum atomic E-state index is -4.30. The van der Waals surface area contributed by atoms with Gasteiger partial charge in [0.15, 0.2) is 6.61 Å². The van der Waals surface area contributed by atoms with Crippen molar-refractivity contribution in [2.24, 2.45) is 5.92 Å². The number of rotatable bonds is 8. The minimum absolute atomic E-state index is 0.372. The van der Waals surface area contributed by atoms with Crippen molar-refractivity contribution >= 4 is 27.7 Å². The van der Waals surface area contributed by atoms with Crippen molar-refractivity contribution in [3.05, 3.63) is 54.5 Å². The number of nitrogens with zero attached hydrogens (tertiary/aromatic N) is 3. The molecule has 0 aliphatic carbocycles. The van der Waals surface area contributed by atoms with Gasteiger partial charge in [-0.2, -0.15) is 4.72 Å². The fourth-order valence-electron chi connectivity index (χ4n) is 3.39. The Hall–Kier alpha value is -3.05. The van der Waals surface area contributed by atoms with Gasteiger partial charge in [-0.25, -0.2) is 17.8 Å². The van der Waals surface area contributed by atoms with Crippen molar-refractivity contribution < 1.29 is 27.1 Å². The van der Waals surface area contributed by atoms with Crippen LogP contribution in [-0.4, -0.2) is 69.0 Å². The van der Waals surface area contributed by atoms with Crippen LogP contribution >= 0.6 is 0 Å². The molecule has 178 valence electrons. The van der Waals surface area contributed by atoms with Gasteiger partial charge >= 0.3 is 5.97 Å². The van der Waals surface area contributed by atoms with Crippen molar-refractivity contribution in [2.75, 3.05) is 37.7 Å². The minimum Gasteiger partial charge on any atom is -0.454 e. The van der Waals surface area contributed by atoms with Gasteiger partial charge in [-0.1, -0.05) is 32.0 Å². The second-order valence-corrected chi connectivity index (χ2v) is 9.62. The van der Waals surface area contributed by atoms with Crippen molar-refractivity contribution in [3.8, 4) is 0 Å². The first-order chi connectivity index (χ1) is 15.7. The number of ether oxygens (including phenoxy) is 1. The molecule has 1 saturated heterocycles. The molecule has 33 heavy (non-hydrogen) atoms. The zero-order valence-electron chi connectivity index (χ0n) is 18.5. The van der Waals surface area contributed by atoms with E-state index in [1.807, 2.05) is 18.2 Å². The Labute approximate surface area is 192 Å². The van der Waals surface area contributed by atoms with Crippen LogP contribution in [0, 0.1) is 11.7 Å². The molecule has 1 aromatic heterocycles. The highest BCUT2D eigenvalue weighted by molar-refractivity contribution is 7.89. The first-order valence-corrected chi connectivity index (χ1v) is 12.0. The maximum Gasteiger partial charge on any atom is 0.324 e. The molecule has 2 aromatic rings. The molecule has 0 radical (unpaired) electrons. The van der Waals surface area contributed by atoms with Gasteiger partial charge in [0, 0.05) is 32.4 Å². The summed E-state index contributed by atoms with van der Waals surface area (Å²) >= 11 is 0. The quantitative estimate of drug-likeness (QED) is 0.572. The smallest absolute Gasteiger partial charge is 0.324 e. The Bertz CT molecular complexity index is 1070. The van der Waals surface area contributed by atoms with E-state index in [1.165, 1.54) is 12.1 Å². The average Bonchev–Trinajstić information content (AvgIpc) is 2.81. The molecule has 0 bridgehead atoms. The summed E-state index contributed by atoms with van der Waals surface area (Å²) in [6.45, 7) is 4.80. The van der Waals surface area contributed by atoms with Gasteiger partial charge < -0.3 is 14.5 Å². The summed E-state index contributed by atoms with van der Waals surface area (Å²) in [5, 5.41) is 0. The second kappa shape index (κ2) is 10.7. The largest absolute Gasteiger partial charge is 0.454 e. The molecule has 2 heterocycles. The summed E-state index contributed by atoms with van der Waals surface area (Å²) in [6.07, 6.45) is 1.71. The van der Waals surface area contributed by atoms with Crippen molar-refractivity contribution in [3.63, 3.8) is 0 Å². The van der Waals surface area contributed by atoms with Gasteiger partial charge in [-0.05, 0) is 30.2 Å². The lowest BCUT2D eigenvalue weighted by molar-refractivity contribution is -0.154. The lowest BCUT2D eigenvalue weighted by Crippen LogP contribution is -2.51. The SMILES string of the molecule is CC(C)[C@H](NS(=O)(=O)c1ccccc1F)C(=O)OCC(=O)N1CCN(c2ccccn2)CC1. The summed E-state index contributed by atoms with van der Waals surface area (Å²) in [7, 11) is -4.30. The highest BCUT2D eigenvalue weighted by Crippen LogP contribution is 2.16. The lowest BCUT2D eigenvalue weighted by Gasteiger charge is -2.35. The first-order valence-electron chi connectivity index (χ1n) is 10.6. The number of nitrogens with one attached hydrogen (secondary N) is 1. The normalized spacial score (nSPS) is 15.4. The van der Waals surface area contributed by atoms with Crippen LogP contribution in [0.15, 0.2) is 53.6 Å². The van der Waals surface area contributed by atoms with E-state index in [2.05, 4.69) is 14.6 Å². The van der Waals surface area contributed by atoms with Crippen LogP contribution in [0.3, 0.4) is 0 Å². The van der Waals surface area contributed by atoms with Crippen LogP contribution in [0.1, 0.15) is 13.8 Å². The van der Waals surface area contributed by atoms with E-state index in [0.717, 1.165) is 18.0 Å². The predicted molar refractivity (Wildman–Crippen MR) is 119 cm³/mol. The number of anilines is 1. The van der Waals surface area contributed by atoms with E-state index in [1.54, 1.807) is 24.9 Å². The molecule has 1 amide bonds. The number of pyridine rings is 1. The summed E-state index contributed by atoms with van der Waals surface area (Å²) < 4.78 is 46.4. The number of carbonyl (C=O) groups is 2. The lowest BCUT2D eigenvalue weighted by atomic mass is 10.1. The van der Waals surface area contributed by atoms with Gasteiger partial charge in [0.1, 0.15) is 22.6 Å². The van der Waals surface area contributed by atoms with Crippen molar-refractivity contribution in [2.45, 2.75) is 24.8 Å². The fourth-order valence-corrected chi connectivity index (χ4v) is 4.80. The number of hydrogen-bond donors (Lipinski definition) is 1. The summed E-state index contributed by atoms with van der Waals surface area (Å²) in [6, 6.07) is 9.22. The molecule has 1 N–H and O–H groups in total. The monoisotopic (exact) mass is 478 g/mol. The first kappa shape index (κ1) is 24.6. The number of aromatic nitrogens is 1. The topological polar surface area (TPSA) is 109 Å². The molecule has 3 rings (SSSR count). The second-order valence-electron chi connectivity index (χ2n) is 7.94. The number of carbonyl (C=O) groups excluding carboxylic acids is 2. The number of amides is 1. The zero-order chi connectivity index (χ0) is 24.0. The van der Waals surface area contributed by atoms with Gasteiger partial charge in [0.05, 0.1) is 0 Å². The van der Waals surface area contributed by atoms with Gasteiger partial charge in [0.2, 0.25) is 10.0 Å². The molecular formula is C22H27FN4O5S. The standard InChI is InChI=1S/C22H27FN4O5S/c1-16(2)21(25-33(30,31)18-8-4-3-7-17(18)23)22(29)32-15-20(28)27-13-11-26(12-14-27)19-9-5-6-10-24-19/h3-10,16,21,25H,11-15H2,1-2H3/t21-/m0/s1. The molecule has 0 spiro atoms. The Morgan fingerprint density at radius 2 is 1.76 bits per heavy atom. The summed E-state index contributed by atoms with van der Waals surface area (Å²) in [5.74, 6) is -1.86. The summed E-state index contributed by atoms with van der Waals surface area (Å²) in [4.78, 5) is 32.5. The van der Waals surface area contributed by atoms with Crippen molar-refractivity contribution in [1.82, 2.24) is 14.6 Å². The van der Waals surface area contributed by atoms with Crippen LogP contribution in [0.4, 0.5) is 10.2 Å². The third kappa shape index (κ3) is 6.26. The van der Waals surface area contributed by atoms with E-state index in [0.29, 0.717) is 26.2 Å². The maximum absolute atomic E-state index is 13.9. The van der Waals surface area contributed by atoms with Crippen LogP contribution < -0.4 is 9.62 Å². The van der Waals surface area contributed by atoms with E-state index >= 15 is 0 Å². The Morgan fingerprint density at radius 1 is 1.09 bits per heavy atom. The predicted octanol–water partition coefficient (Wildman–Crippen LogP) is 1.42. The Kier molecular flexibility index (Phi) is 7.98.